The molecular weight excluding hydrogens is 122 g/mol. The SMILES string of the molecule is CCCCN1CCC=C1C. The van der Waals surface area contributed by atoms with Gasteiger partial charge in [0.15, 0.2) is 0 Å². The van der Waals surface area contributed by atoms with Crippen molar-refractivity contribution in [1.29, 1.82) is 0 Å². The van der Waals surface area contributed by atoms with Gasteiger partial charge in [-0.3, -0.25) is 0 Å². The Balaban J connectivity index is 2.22. The Hall–Kier alpha value is -0.460. The molecule has 0 fully saturated rings. The van der Waals surface area contributed by atoms with Crippen molar-refractivity contribution < 1.29 is 0 Å². The van der Waals surface area contributed by atoms with Crippen LogP contribution in [0.3, 0.4) is 0 Å². The van der Waals surface area contributed by atoms with Crippen LogP contribution in [0.15, 0.2) is 11.8 Å². The van der Waals surface area contributed by atoms with Crippen LogP contribution in [0.2, 0.25) is 0 Å². The first-order valence-electron chi connectivity index (χ1n) is 4.26. The first-order chi connectivity index (χ1) is 4.84. The lowest BCUT2D eigenvalue weighted by Gasteiger charge is -2.18. The van der Waals surface area contributed by atoms with Crippen LogP contribution in [0.4, 0.5) is 0 Å². The lowest BCUT2D eigenvalue weighted by Crippen LogP contribution is -2.19. The zero-order valence-electron chi connectivity index (χ0n) is 7.06. The molecule has 58 valence electrons. The molecule has 0 atom stereocenters. The predicted octanol–water partition coefficient (Wildman–Crippen LogP) is 2.40. The number of nitrogens with zero attached hydrogens (tertiary/aromatic N) is 1. The van der Waals surface area contributed by atoms with Gasteiger partial charge in [0.25, 0.3) is 0 Å². The molecule has 1 aliphatic rings. The van der Waals surface area contributed by atoms with Gasteiger partial charge in [-0.1, -0.05) is 19.4 Å². The minimum absolute atomic E-state index is 1.26. The van der Waals surface area contributed by atoms with Crippen LogP contribution in [0.25, 0.3) is 0 Å². The van der Waals surface area contributed by atoms with Gasteiger partial charge in [0, 0.05) is 18.8 Å². The molecule has 0 amide bonds. The summed E-state index contributed by atoms with van der Waals surface area (Å²) in [7, 11) is 0. The number of unbranched alkanes of at least 4 members (excludes halogenated alkanes) is 1. The van der Waals surface area contributed by atoms with E-state index in [0.717, 1.165) is 0 Å². The average molecular weight is 139 g/mol. The second-order valence-corrected chi connectivity index (χ2v) is 2.97. The van der Waals surface area contributed by atoms with Gasteiger partial charge >= 0.3 is 0 Å². The quantitative estimate of drug-likeness (QED) is 0.580. The molecule has 1 nitrogen and oxygen atoms in total. The standard InChI is InChI=1S/C9H17N/c1-3-4-7-10-8-5-6-9(10)2/h6H,3-5,7-8H2,1-2H3. The summed E-state index contributed by atoms with van der Waals surface area (Å²) in [5.41, 5.74) is 1.48. The summed E-state index contributed by atoms with van der Waals surface area (Å²) in [4.78, 5) is 2.48. The molecule has 1 rings (SSSR count). The lowest BCUT2D eigenvalue weighted by atomic mass is 10.3. The Morgan fingerprint density at radius 1 is 1.60 bits per heavy atom. The highest BCUT2D eigenvalue weighted by Crippen LogP contribution is 2.13. The van der Waals surface area contributed by atoms with Crippen molar-refractivity contribution in [3.8, 4) is 0 Å². The zero-order chi connectivity index (χ0) is 7.40. The van der Waals surface area contributed by atoms with Gasteiger partial charge in [-0.05, 0) is 19.8 Å². The summed E-state index contributed by atoms with van der Waals surface area (Å²) in [6.45, 7) is 6.97. The Kier molecular flexibility index (Phi) is 2.79. The highest BCUT2D eigenvalue weighted by atomic mass is 15.1. The van der Waals surface area contributed by atoms with Crippen molar-refractivity contribution in [2.24, 2.45) is 0 Å². The number of hydrogen-bond acceptors (Lipinski definition) is 1. The Labute approximate surface area is 63.7 Å². The molecule has 0 saturated heterocycles. The number of allylic oxidation sites excluding steroid dienone is 1. The van der Waals surface area contributed by atoms with Crippen LogP contribution in [0, 0.1) is 0 Å². The third-order valence-electron chi connectivity index (χ3n) is 2.12. The maximum atomic E-state index is 2.48. The van der Waals surface area contributed by atoms with E-state index in [1.807, 2.05) is 0 Å². The van der Waals surface area contributed by atoms with Crippen LogP contribution in [-0.4, -0.2) is 18.0 Å². The van der Waals surface area contributed by atoms with Gasteiger partial charge in [0.05, 0.1) is 0 Å². The predicted molar refractivity (Wildman–Crippen MR) is 44.9 cm³/mol. The Morgan fingerprint density at radius 3 is 2.90 bits per heavy atom. The Morgan fingerprint density at radius 2 is 2.40 bits per heavy atom. The second-order valence-electron chi connectivity index (χ2n) is 2.97. The molecule has 0 radical (unpaired) electrons. The molecule has 0 spiro atoms. The van der Waals surface area contributed by atoms with Gasteiger partial charge in [-0.2, -0.15) is 0 Å². The van der Waals surface area contributed by atoms with E-state index in [-0.39, 0.29) is 0 Å². The van der Waals surface area contributed by atoms with Crippen LogP contribution >= 0.6 is 0 Å². The first kappa shape index (κ1) is 7.64. The van der Waals surface area contributed by atoms with Crippen molar-refractivity contribution in [1.82, 2.24) is 4.90 Å². The molecule has 0 aromatic rings. The summed E-state index contributed by atoms with van der Waals surface area (Å²) in [6, 6.07) is 0. The third kappa shape index (κ3) is 1.76. The van der Waals surface area contributed by atoms with Gasteiger partial charge in [0.1, 0.15) is 0 Å². The fraction of sp³-hybridized carbons (Fsp3) is 0.778. The van der Waals surface area contributed by atoms with E-state index in [1.54, 1.807) is 0 Å². The smallest absolute Gasteiger partial charge is 0.0210 e. The van der Waals surface area contributed by atoms with E-state index in [1.165, 1.54) is 38.0 Å². The molecule has 1 aliphatic heterocycles. The monoisotopic (exact) mass is 139 g/mol. The summed E-state index contributed by atoms with van der Waals surface area (Å²) in [6.07, 6.45) is 6.24. The number of rotatable bonds is 3. The minimum Gasteiger partial charge on any atom is -0.375 e. The normalized spacial score (nSPS) is 17.8. The molecule has 0 aliphatic carbocycles. The average Bonchev–Trinajstić information content (AvgIpc) is 2.31. The van der Waals surface area contributed by atoms with Crippen molar-refractivity contribution in [3.63, 3.8) is 0 Å². The molecule has 0 bridgehead atoms. The molecule has 0 aromatic carbocycles. The molecule has 0 aromatic heterocycles. The largest absolute Gasteiger partial charge is 0.375 e. The van der Waals surface area contributed by atoms with E-state index < -0.39 is 0 Å². The maximum Gasteiger partial charge on any atom is 0.0210 e. The fourth-order valence-electron chi connectivity index (χ4n) is 1.37. The first-order valence-corrected chi connectivity index (χ1v) is 4.26. The van der Waals surface area contributed by atoms with Gasteiger partial charge < -0.3 is 4.90 Å². The highest BCUT2D eigenvalue weighted by Gasteiger charge is 2.08. The minimum atomic E-state index is 1.26. The molecule has 0 saturated carbocycles. The van der Waals surface area contributed by atoms with E-state index >= 15 is 0 Å². The van der Waals surface area contributed by atoms with Crippen LogP contribution in [-0.2, 0) is 0 Å². The third-order valence-corrected chi connectivity index (χ3v) is 2.12. The summed E-state index contributed by atoms with van der Waals surface area (Å²) in [5, 5.41) is 0. The van der Waals surface area contributed by atoms with Gasteiger partial charge in [0.2, 0.25) is 0 Å². The van der Waals surface area contributed by atoms with Gasteiger partial charge in [-0.15, -0.1) is 0 Å². The van der Waals surface area contributed by atoms with E-state index in [9.17, 15) is 0 Å². The molecule has 10 heavy (non-hydrogen) atoms. The molecular formula is C9H17N. The van der Waals surface area contributed by atoms with Crippen molar-refractivity contribution >= 4 is 0 Å². The van der Waals surface area contributed by atoms with Crippen LogP contribution in [0.1, 0.15) is 33.1 Å². The van der Waals surface area contributed by atoms with E-state index in [0.29, 0.717) is 0 Å². The van der Waals surface area contributed by atoms with E-state index in [2.05, 4.69) is 24.8 Å². The van der Waals surface area contributed by atoms with Crippen molar-refractivity contribution in [2.45, 2.75) is 33.1 Å². The van der Waals surface area contributed by atoms with Crippen molar-refractivity contribution in [2.75, 3.05) is 13.1 Å². The van der Waals surface area contributed by atoms with Crippen molar-refractivity contribution in [3.05, 3.63) is 11.8 Å². The summed E-state index contributed by atoms with van der Waals surface area (Å²) in [5.74, 6) is 0. The second kappa shape index (κ2) is 3.65. The maximum absolute atomic E-state index is 2.48. The fourth-order valence-corrected chi connectivity index (χ4v) is 1.37. The van der Waals surface area contributed by atoms with Crippen LogP contribution < -0.4 is 0 Å². The molecule has 1 heteroatoms. The Bertz CT molecular complexity index is 127. The van der Waals surface area contributed by atoms with Gasteiger partial charge in [-0.25, -0.2) is 0 Å². The zero-order valence-corrected chi connectivity index (χ0v) is 7.06. The number of hydrogen-bond donors (Lipinski definition) is 0. The topological polar surface area (TPSA) is 3.24 Å². The van der Waals surface area contributed by atoms with Crippen LogP contribution in [0.5, 0.6) is 0 Å². The molecule has 0 unspecified atom stereocenters. The molecule has 0 N–H and O–H groups in total. The molecule has 1 heterocycles. The summed E-state index contributed by atoms with van der Waals surface area (Å²) < 4.78 is 0. The van der Waals surface area contributed by atoms with E-state index in [4.69, 9.17) is 0 Å². The lowest BCUT2D eigenvalue weighted by molar-refractivity contribution is 0.368. The highest BCUT2D eigenvalue weighted by molar-refractivity contribution is 5.03. The summed E-state index contributed by atoms with van der Waals surface area (Å²) >= 11 is 0.